The van der Waals surface area contributed by atoms with E-state index in [2.05, 4.69) is 22.2 Å². The molecule has 2 N–H and O–H groups in total. The van der Waals surface area contributed by atoms with Crippen LogP contribution in [0.5, 0.6) is 0 Å². The van der Waals surface area contributed by atoms with E-state index < -0.39 is 6.17 Å². The van der Waals surface area contributed by atoms with Gasteiger partial charge in [0.15, 0.2) is 5.11 Å². The van der Waals surface area contributed by atoms with E-state index in [4.69, 9.17) is 35.4 Å². The van der Waals surface area contributed by atoms with E-state index >= 15 is 0 Å². The molecule has 0 aliphatic carbocycles. The lowest BCUT2D eigenvalue weighted by atomic mass is 10.00. The number of fused-ring (bicyclic) bond motifs is 1. The first-order valence-electron chi connectivity index (χ1n) is 8.48. The smallest absolute Gasteiger partial charge is 0.272 e. The highest BCUT2D eigenvalue weighted by Crippen LogP contribution is 2.31. The molecule has 1 aliphatic rings. The van der Waals surface area contributed by atoms with E-state index in [0.29, 0.717) is 44.2 Å². The first kappa shape index (κ1) is 20.3. The predicted molar refractivity (Wildman–Crippen MR) is 120 cm³/mol. The minimum absolute atomic E-state index is 0.256. The van der Waals surface area contributed by atoms with Crippen LogP contribution in [-0.2, 0) is 4.79 Å². The summed E-state index contributed by atoms with van der Waals surface area (Å²) in [5.74, 6) is -0.256. The topological polar surface area (TPSA) is 56.7 Å². The quantitative estimate of drug-likeness (QED) is 0.569. The molecular formula is C20H18Cl2N4OS. The summed E-state index contributed by atoms with van der Waals surface area (Å²) < 4.78 is 0. The number of likely N-dealkylation sites (N-methyl/N-ethyl adjacent to an activating group) is 1. The fourth-order valence-electron chi connectivity index (χ4n) is 2.85. The number of nitrogens with one attached hydrogen (secondary N) is 2. The summed E-state index contributed by atoms with van der Waals surface area (Å²) in [7, 11) is 1.69. The number of hydrogen-bond donors (Lipinski definition) is 2. The van der Waals surface area contributed by atoms with Crippen LogP contribution in [0.1, 0.15) is 11.1 Å². The maximum atomic E-state index is 13.0. The Morgan fingerprint density at radius 1 is 1.29 bits per heavy atom. The van der Waals surface area contributed by atoms with Crippen molar-refractivity contribution in [2.24, 2.45) is 4.99 Å². The van der Waals surface area contributed by atoms with Crippen molar-refractivity contribution < 1.29 is 4.79 Å². The van der Waals surface area contributed by atoms with E-state index in [1.807, 2.05) is 18.2 Å². The summed E-state index contributed by atoms with van der Waals surface area (Å²) in [6.45, 7) is 4.11. The number of nitrogens with zero attached hydrogens (tertiary/aromatic N) is 2. The Labute approximate surface area is 179 Å². The number of thiocarbonyl (C=S) groups is 1. The van der Waals surface area contributed by atoms with Crippen LogP contribution in [0.2, 0.25) is 10.0 Å². The molecule has 1 unspecified atom stereocenters. The van der Waals surface area contributed by atoms with Crippen LogP contribution in [0.3, 0.4) is 0 Å². The Morgan fingerprint density at radius 3 is 2.75 bits per heavy atom. The van der Waals surface area contributed by atoms with Crippen molar-refractivity contribution in [2.45, 2.75) is 6.17 Å². The van der Waals surface area contributed by atoms with Crippen LogP contribution < -0.4 is 15.5 Å². The molecule has 1 aliphatic heterocycles. The fourth-order valence-corrected chi connectivity index (χ4v) is 3.44. The lowest BCUT2D eigenvalue weighted by Gasteiger charge is -2.21. The van der Waals surface area contributed by atoms with Gasteiger partial charge >= 0.3 is 0 Å². The lowest BCUT2D eigenvalue weighted by molar-refractivity contribution is -0.119. The molecule has 1 amide bonds. The summed E-state index contributed by atoms with van der Waals surface area (Å²) >= 11 is 17.9. The maximum absolute atomic E-state index is 13.0. The van der Waals surface area contributed by atoms with Gasteiger partial charge in [-0.25, -0.2) is 4.99 Å². The normalized spacial score (nSPS) is 16.0. The van der Waals surface area contributed by atoms with Gasteiger partial charge in [-0.05, 0) is 36.5 Å². The fraction of sp³-hybridized carbons (Fsp3) is 0.150. The third-order valence-corrected chi connectivity index (χ3v) is 5.03. The standard InChI is InChI=1S/C20H18Cl2N4OS/c1-3-10-23-20(28)25-18-19(27)26(2)16-9-8-12(21)11-14(16)17(24-18)13-6-4-5-7-15(13)22/h3-9,11,18H,1,10H2,2H3,(H2,23,25,28). The summed E-state index contributed by atoms with van der Waals surface area (Å²) in [6, 6.07) is 12.6. The van der Waals surface area contributed by atoms with Crippen LogP contribution in [-0.4, -0.2) is 36.5 Å². The third kappa shape index (κ3) is 4.19. The van der Waals surface area contributed by atoms with Gasteiger partial charge in [0, 0.05) is 34.8 Å². The molecular weight excluding hydrogens is 415 g/mol. The molecule has 28 heavy (non-hydrogen) atoms. The highest BCUT2D eigenvalue weighted by atomic mass is 35.5. The van der Waals surface area contributed by atoms with E-state index in [1.165, 1.54) is 4.90 Å². The molecule has 5 nitrogen and oxygen atoms in total. The Balaban J connectivity index is 2.14. The number of benzodiazepines with no additional fused rings is 1. The molecule has 2 aromatic carbocycles. The van der Waals surface area contributed by atoms with E-state index in [1.54, 1.807) is 37.4 Å². The zero-order valence-corrected chi connectivity index (χ0v) is 17.4. The van der Waals surface area contributed by atoms with E-state index in [-0.39, 0.29) is 5.91 Å². The van der Waals surface area contributed by atoms with Crippen LogP contribution >= 0.6 is 35.4 Å². The number of benzene rings is 2. The molecule has 1 heterocycles. The van der Waals surface area contributed by atoms with Crippen molar-refractivity contribution in [2.75, 3.05) is 18.5 Å². The minimum Gasteiger partial charge on any atom is -0.359 e. The monoisotopic (exact) mass is 432 g/mol. The first-order valence-corrected chi connectivity index (χ1v) is 9.64. The summed E-state index contributed by atoms with van der Waals surface area (Å²) in [4.78, 5) is 19.3. The van der Waals surface area contributed by atoms with Crippen molar-refractivity contribution >= 4 is 57.8 Å². The van der Waals surface area contributed by atoms with E-state index in [9.17, 15) is 4.79 Å². The molecule has 8 heteroatoms. The van der Waals surface area contributed by atoms with Crippen molar-refractivity contribution in [3.8, 4) is 0 Å². The molecule has 0 aromatic heterocycles. The average molecular weight is 433 g/mol. The van der Waals surface area contributed by atoms with Crippen LogP contribution in [0.4, 0.5) is 5.69 Å². The highest BCUT2D eigenvalue weighted by Gasteiger charge is 2.31. The molecule has 0 fully saturated rings. The van der Waals surface area contributed by atoms with Gasteiger partial charge in [0.1, 0.15) is 0 Å². The van der Waals surface area contributed by atoms with Crippen LogP contribution in [0.15, 0.2) is 60.1 Å². The molecule has 1 atom stereocenters. The number of carbonyl (C=O) groups is 1. The van der Waals surface area contributed by atoms with Crippen molar-refractivity contribution in [1.82, 2.24) is 10.6 Å². The zero-order chi connectivity index (χ0) is 20.3. The number of hydrogen-bond acceptors (Lipinski definition) is 3. The Morgan fingerprint density at radius 2 is 2.04 bits per heavy atom. The SMILES string of the molecule is C=CCNC(=S)NC1N=C(c2ccccc2Cl)c2cc(Cl)ccc2N(C)C1=O. The molecule has 3 rings (SSSR count). The maximum Gasteiger partial charge on any atom is 0.272 e. The first-order chi connectivity index (χ1) is 13.4. The Hall–Kier alpha value is -2.41. The molecule has 0 bridgehead atoms. The highest BCUT2D eigenvalue weighted by molar-refractivity contribution is 7.80. The average Bonchev–Trinajstić information content (AvgIpc) is 2.77. The predicted octanol–water partition coefficient (Wildman–Crippen LogP) is 3.78. The summed E-state index contributed by atoms with van der Waals surface area (Å²) in [6.07, 6.45) is 0.748. The van der Waals surface area contributed by atoms with Crippen molar-refractivity contribution in [3.63, 3.8) is 0 Å². The van der Waals surface area contributed by atoms with Crippen LogP contribution in [0, 0.1) is 0 Å². The number of anilines is 1. The largest absolute Gasteiger partial charge is 0.359 e. The summed E-state index contributed by atoms with van der Waals surface area (Å²) in [5, 5.41) is 7.27. The molecule has 0 saturated carbocycles. The molecule has 0 saturated heterocycles. The van der Waals surface area contributed by atoms with Gasteiger partial charge in [0.2, 0.25) is 6.17 Å². The van der Waals surface area contributed by atoms with Crippen LogP contribution in [0.25, 0.3) is 0 Å². The number of carbonyl (C=O) groups excluding carboxylic acids is 1. The van der Waals surface area contributed by atoms with Gasteiger partial charge in [0.25, 0.3) is 5.91 Å². The molecule has 0 spiro atoms. The Bertz CT molecular complexity index is 976. The second-order valence-corrected chi connectivity index (χ2v) is 7.31. The number of aliphatic imine (C=N–C) groups is 1. The zero-order valence-electron chi connectivity index (χ0n) is 15.1. The van der Waals surface area contributed by atoms with Gasteiger partial charge in [0.05, 0.1) is 11.4 Å². The number of rotatable bonds is 4. The van der Waals surface area contributed by atoms with Gasteiger partial charge in [-0.1, -0.05) is 47.5 Å². The third-order valence-electron chi connectivity index (χ3n) is 4.20. The molecule has 0 radical (unpaired) electrons. The number of amides is 1. The molecule has 2 aromatic rings. The Kier molecular flexibility index (Phi) is 6.34. The molecule has 144 valence electrons. The second kappa shape index (κ2) is 8.73. The van der Waals surface area contributed by atoms with Crippen molar-refractivity contribution in [3.05, 3.63) is 76.3 Å². The second-order valence-electron chi connectivity index (χ2n) is 6.06. The minimum atomic E-state index is -0.924. The van der Waals surface area contributed by atoms with Gasteiger partial charge in [-0.3, -0.25) is 4.79 Å². The summed E-state index contributed by atoms with van der Waals surface area (Å²) in [5.41, 5.74) is 2.66. The van der Waals surface area contributed by atoms with Gasteiger partial charge in [-0.15, -0.1) is 6.58 Å². The number of halogens is 2. The lowest BCUT2D eigenvalue weighted by Crippen LogP contribution is -2.49. The van der Waals surface area contributed by atoms with Gasteiger partial charge in [-0.2, -0.15) is 0 Å². The van der Waals surface area contributed by atoms with Gasteiger partial charge < -0.3 is 15.5 Å². The van der Waals surface area contributed by atoms with E-state index in [0.717, 1.165) is 0 Å². The van der Waals surface area contributed by atoms with Crippen molar-refractivity contribution in [1.29, 1.82) is 0 Å².